The van der Waals surface area contributed by atoms with Crippen molar-refractivity contribution in [2.75, 3.05) is 0 Å². The number of hydrogen-bond donors (Lipinski definition) is 0. The van der Waals surface area contributed by atoms with Crippen LogP contribution in [0.2, 0.25) is 0 Å². The molecule has 1 aliphatic rings. The molecule has 0 aromatic carbocycles. The Morgan fingerprint density at radius 2 is 1.68 bits per heavy atom. The highest BCUT2D eigenvalue weighted by Gasteiger charge is 2.36. The van der Waals surface area contributed by atoms with E-state index in [9.17, 15) is 9.59 Å². The lowest BCUT2D eigenvalue weighted by Crippen LogP contribution is -2.39. The minimum absolute atomic E-state index is 0.148. The summed E-state index contributed by atoms with van der Waals surface area (Å²) < 4.78 is 10.7. The zero-order valence-electron chi connectivity index (χ0n) is 15.3. The van der Waals surface area contributed by atoms with Gasteiger partial charge < -0.3 is 14.4 Å². The number of nitrogens with zero attached hydrogens (tertiary/aromatic N) is 3. The van der Waals surface area contributed by atoms with Crippen molar-refractivity contribution in [1.29, 1.82) is 10.5 Å². The monoisotopic (exact) mass is 345 g/mol. The van der Waals surface area contributed by atoms with Crippen LogP contribution in [-0.2, 0) is 19.1 Å². The summed E-state index contributed by atoms with van der Waals surface area (Å²) in [7, 11) is 0. The van der Waals surface area contributed by atoms with Gasteiger partial charge in [-0.05, 0) is 39.7 Å². The molecule has 2 unspecified atom stereocenters. The third-order valence-corrected chi connectivity index (χ3v) is 4.23. The van der Waals surface area contributed by atoms with E-state index >= 15 is 0 Å². The minimum atomic E-state index is -0.885. The molecule has 0 aromatic rings. The summed E-state index contributed by atoms with van der Waals surface area (Å²) in [5.74, 6) is -1.22. The first kappa shape index (κ1) is 20.2. The molecule has 0 saturated carbocycles. The van der Waals surface area contributed by atoms with Gasteiger partial charge in [-0.3, -0.25) is 9.59 Å². The molecule has 0 amide bonds. The van der Waals surface area contributed by atoms with Crippen LogP contribution >= 0.6 is 0 Å². The predicted octanol–water partition coefficient (Wildman–Crippen LogP) is 2.91. The highest BCUT2D eigenvalue weighted by molar-refractivity contribution is 5.74. The standard InChI is InChI=1S/C18H23N3O4/c1-6-11(2)21-13(4)12(3)17(24-15(22)7-9-19)18(14(21)5)25-16(23)8-10-20/h11,17H,6-8H2,1-5H3. The Morgan fingerprint density at radius 3 is 2.20 bits per heavy atom. The van der Waals surface area contributed by atoms with Crippen molar-refractivity contribution in [3.05, 3.63) is 22.7 Å². The molecule has 0 bridgehead atoms. The summed E-state index contributed by atoms with van der Waals surface area (Å²) in [5, 5.41) is 17.3. The van der Waals surface area contributed by atoms with E-state index in [1.165, 1.54) is 0 Å². The summed E-state index contributed by atoms with van der Waals surface area (Å²) in [4.78, 5) is 25.7. The Morgan fingerprint density at radius 1 is 1.12 bits per heavy atom. The molecule has 0 fully saturated rings. The van der Waals surface area contributed by atoms with Crippen LogP contribution in [0.3, 0.4) is 0 Å². The summed E-state index contributed by atoms with van der Waals surface area (Å²) in [6.45, 7) is 9.56. The molecule has 0 aromatic heterocycles. The van der Waals surface area contributed by atoms with E-state index in [4.69, 9.17) is 20.0 Å². The Balaban J connectivity index is 3.33. The number of nitriles is 2. The van der Waals surface area contributed by atoms with Crippen LogP contribution in [0.1, 0.15) is 53.9 Å². The third kappa shape index (κ3) is 4.60. The maximum Gasteiger partial charge on any atom is 0.325 e. The van der Waals surface area contributed by atoms with Gasteiger partial charge in [0.15, 0.2) is 11.9 Å². The summed E-state index contributed by atoms with van der Waals surface area (Å²) in [6, 6.07) is 3.63. The van der Waals surface area contributed by atoms with Gasteiger partial charge in [0, 0.05) is 11.7 Å². The number of carbonyl (C=O) groups excluding carboxylic acids is 2. The second-order valence-corrected chi connectivity index (χ2v) is 5.86. The van der Waals surface area contributed by atoms with Crippen molar-refractivity contribution in [1.82, 2.24) is 4.90 Å². The first-order valence-corrected chi connectivity index (χ1v) is 8.09. The highest BCUT2D eigenvalue weighted by Crippen LogP contribution is 2.35. The first-order chi connectivity index (χ1) is 11.8. The van der Waals surface area contributed by atoms with Crippen molar-refractivity contribution in [3.63, 3.8) is 0 Å². The lowest BCUT2D eigenvalue weighted by atomic mass is 9.98. The van der Waals surface area contributed by atoms with E-state index in [-0.39, 0.29) is 11.8 Å². The average molecular weight is 345 g/mol. The number of hydrogen-bond acceptors (Lipinski definition) is 7. The molecule has 7 nitrogen and oxygen atoms in total. The molecule has 25 heavy (non-hydrogen) atoms. The third-order valence-electron chi connectivity index (χ3n) is 4.23. The van der Waals surface area contributed by atoms with Gasteiger partial charge in [0.1, 0.15) is 12.8 Å². The molecule has 7 heteroatoms. The fourth-order valence-electron chi connectivity index (χ4n) is 2.71. The van der Waals surface area contributed by atoms with Crippen molar-refractivity contribution in [3.8, 4) is 12.1 Å². The summed E-state index contributed by atoms with van der Waals surface area (Å²) >= 11 is 0. The minimum Gasteiger partial charge on any atom is -0.449 e. The second kappa shape index (κ2) is 8.89. The van der Waals surface area contributed by atoms with Crippen LogP contribution in [0.4, 0.5) is 0 Å². The van der Waals surface area contributed by atoms with Gasteiger partial charge in [-0.2, -0.15) is 10.5 Å². The molecule has 1 aliphatic heterocycles. The van der Waals surface area contributed by atoms with Crippen molar-refractivity contribution in [2.45, 2.75) is 66.0 Å². The molecule has 0 saturated heterocycles. The first-order valence-electron chi connectivity index (χ1n) is 8.09. The van der Waals surface area contributed by atoms with Crippen LogP contribution in [0.15, 0.2) is 22.7 Å². The predicted molar refractivity (Wildman–Crippen MR) is 89.1 cm³/mol. The molecule has 0 N–H and O–H groups in total. The van der Waals surface area contributed by atoms with E-state index in [1.54, 1.807) is 26.0 Å². The zero-order chi connectivity index (χ0) is 19.1. The Hall–Kier alpha value is -2.80. The van der Waals surface area contributed by atoms with Crippen molar-refractivity contribution >= 4 is 11.9 Å². The van der Waals surface area contributed by atoms with Gasteiger partial charge in [0.2, 0.25) is 0 Å². The van der Waals surface area contributed by atoms with Gasteiger partial charge in [0.25, 0.3) is 0 Å². The Bertz CT molecular complexity index is 694. The number of esters is 2. The summed E-state index contributed by atoms with van der Waals surface area (Å²) in [6.07, 6.45) is -0.819. The molecule has 1 rings (SSSR count). The molecule has 1 heterocycles. The zero-order valence-corrected chi connectivity index (χ0v) is 15.3. The van der Waals surface area contributed by atoms with Crippen molar-refractivity contribution < 1.29 is 19.1 Å². The van der Waals surface area contributed by atoms with Crippen LogP contribution in [0, 0.1) is 22.7 Å². The smallest absolute Gasteiger partial charge is 0.325 e. The van der Waals surface area contributed by atoms with Crippen LogP contribution in [0.25, 0.3) is 0 Å². The van der Waals surface area contributed by atoms with E-state index in [0.717, 1.165) is 17.7 Å². The lowest BCUT2D eigenvalue weighted by molar-refractivity contribution is -0.151. The number of allylic oxidation sites excluding steroid dienone is 2. The van der Waals surface area contributed by atoms with Gasteiger partial charge >= 0.3 is 11.9 Å². The van der Waals surface area contributed by atoms with Crippen LogP contribution < -0.4 is 0 Å². The molecule has 134 valence electrons. The fraction of sp³-hybridized carbons (Fsp3) is 0.556. The molecule has 0 aliphatic carbocycles. The van der Waals surface area contributed by atoms with Gasteiger partial charge in [-0.25, -0.2) is 0 Å². The molecule has 0 spiro atoms. The van der Waals surface area contributed by atoms with E-state index in [1.807, 2.05) is 25.7 Å². The van der Waals surface area contributed by atoms with Crippen molar-refractivity contribution in [2.24, 2.45) is 0 Å². The number of rotatable bonds is 6. The molecule has 0 radical (unpaired) electrons. The highest BCUT2D eigenvalue weighted by atomic mass is 16.6. The number of carbonyl (C=O) groups is 2. The quantitative estimate of drug-likeness (QED) is 0.682. The topological polar surface area (TPSA) is 103 Å². The Kier molecular flexibility index (Phi) is 7.20. The van der Waals surface area contributed by atoms with Gasteiger partial charge in [-0.15, -0.1) is 0 Å². The maximum absolute atomic E-state index is 11.8. The van der Waals surface area contributed by atoms with Gasteiger partial charge in [-0.1, -0.05) is 6.92 Å². The SMILES string of the molecule is CCC(C)N1C(C)=C(C)C(OC(=O)CC#N)C(OC(=O)CC#N)=C1C. The van der Waals surface area contributed by atoms with E-state index in [0.29, 0.717) is 5.70 Å². The normalized spacial score (nSPS) is 18.4. The Labute approximate surface area is 148 Å². The van der Waals surface area contributed by atoms with Crippen LogP contribution in [0.5, 0.6) is 0 Å². The maximum atomic E-state index is 11.8. The van der Waals surface area contributed by atoms with E-state index in [2.05, 4.69) is 0 Å². The van der Waals surface area contributed by atoms with E-state index < -0.39 is 30.9 Å². The molecule has 2 atom stereocenters. The lowest BCUT2D eigenvalue weighted by Gasteiger charge is -2.40. The number of ether oxygens (including phenoxy) is 2. The summed E-state index contributed by atoms with van der Waals surface area (Å²) in [5.41, 5.74) is 2.28. The van der Waals surface area contributed by atoms with Crippen LogP contribution in [-0.4, -0.2) is 29.0 Å². The fourth-order valence-corrected chi connectivity index (χ4v) is 2.71. The average Bonchev–Trinajstić information content (AvgIpc) is 2.56. The molecular formula is C18H23N3O4. The van der Waals surface area contributed by atoms with Gasteiger partial charge in [0.05, 0.1) is 17.8 Å². The largest absolute Gasteiger partial charge is 0.449 e. The second-order valence-electron chi connectivity index (χ2n) is 5.86. The molecular weight excluding hydrogens is 322 g/mol.